The summed E-state index contributed by atoms with van der Waals surface area (Å²) in [6.07, 6.45) is 4.72. The Balaban J connectivity index is 1.88. The molecule has 2 N–H and O–H groups in total. The van der Waals surface area contributed by atoms with Crippen LogP contribution in [-0.2, 0) is 6.42 Å². The minimum absolute atomic E-state index is 0.264. The summed E-state index contributed by atoms with van der Waals surface area (Å²) in [7, 11) is 0. The second kappa shape index (κ2) is 4.61. The van der Waals surface area contributed by atoms with E-state index >= 15 is 0 Å². The molecule has 4 rings (SSSR count). The van der Waals surface area contributed by atoms with Crippen molar-refractivity contribution >= 4 is 10.9 Å². The molecule has 1 aromatic heterocycles. The predicted molar refractivity (Wildman–Crippen MR) is 80.8 cm³/mol. The van der Waals surface area contributed by atoms with E-state index in [1.54, 1.807) is 0 Å². The minimum atomic E-state index is 0.264. The highest BCUT2D eigenvalue weighted by molar-refractivity contribution is 5.85. The first-order valence-electron chi connectivity index (χ1n) is 7.77. The Labute approximate surface area is 119 Å². The van der Waals surface area contributed by atoms with Crippen molar-refractivity contribution in [3.8, 4) is 0 Å². The summed E-state index contributed by atoms with van der Waals surface area (Å²) < 4.78 is 0. The molecule has 3 nitrogen and oxygen atoms in total. The summed E-state index contributed by atoms with van der Waals surface area (Å²) in [5, 5.41) is 11.2. The molecule has 106 valence electrons. The molecule has 0 spiro atoms. The number of rotatable bonds is 1. The molecule has 1 aromatic carbocycles. The molecule has 2 aliphatic heterocycles. The van der Waals surface area contributed by atoms with Gasteiger partial charge in [0.05, 0.1) is 12.6 Å². The Bertz CT molecular complexity index is 633. The molecule has 3 heterocycles. The molecule has 1 saturated heterocycles. The van der Waals surface area contributed by atoms with Crippen LogP contribution in [0, 0.1) is 0 Å². The van der Waals surface area contributed by atoms with Crippen LogP contribution in [0.2, 0.25) is 0 Å². The highest BCUT2D eigenvalue weighted by Gasteiger charge is 2.40. The van der Waals surface area contributed by atoms with E-state index in [1.165, 1.54) is 41.4 Å². The monoisotopic (exact) mass is 270 g/mol. The molecule has 0 amide bonds. The molecule has 3 atom stereocenters. The lowest BCUT2D eigenvalue weighted by atomic mass is 9.84. The minimum Gasteiger partial charge on any atom is -0.395 e. The van der Waals surface area contributed by atoms with Gasteiger partial charge in [-0.3, -0.25) is 4.90 Å². The van der Waals surface area contributed by atoms with Crippen LogP contribution in [0.15, 0.2) is 24.3 Å². The summed E-state index contributed by atoms with van der Waals surface area (Å²) in [5.41, 5.74) is 4.09. The van der Waals surface area contributed by atoms with Gasteiger partial charge >= 0.3 is 0 Å². The van der Waals surface area contributed by atoms with Crippen molar-refractivity contribution in [1.29, 1.82) is 0 Å². The number of aromatic amines is 1. The summed E-state index contributed by atoms with van der Waals surface area (Å²) in [5.74, 6) is 0. The molecule has 2 aliphatic rings. The fourth-order valence-electron chi connectivity index (χ4n) is 4.34. The van der Waals surface area contributed by atoms with Gasteiger partial charge in [0.15, 0.2) is 0 Å². The molecule has 1 fully saturated rings. The van der Waals surface area contributed by atoms with Gasteiger partial charge in [-0.25, -0.2) is 0 Å². The quantitative estimate of drug-likeness (QED) is 0.836. The molecule has 20 heavy (non-hydrogen) atoms. The van der Waals surface area contributed by atoms with Crippen LogP contribution in [0.25, 0.3) is 10.9 Å². The topological polar surface area (TPSA) is 39.3 Å². The number of aromatic nitrogens is 1. The number of nitrogens with zero attached hydrogens (tertiary/aromatic N) is 1. The van der Waals surface area contributed by atoms with Gasteiger partial charge in [-0.2, -0.15) is 0 Å². The zero-order valence-electron chi connectivity index (χ0n) is 12.0. The third kappa shape index (κ3) is 1.66. The average molecular weight is 270 g/mol. The first-order valence-corrected chi connectivity index (χ1v) is 7.77. The van der Waals surface area contributed by atoms with Gasteiger partial charge in [0.1, 0.15) is 0 Å². The van der Waals surface area contributed by atoms with Crippen molar-refractivity contribution in [3.63, 3.8) is 0 Å². The second-order valence-electron chi connectivity index (χ2n) is 6.35. The fraction of sp³-hybridized carbons (Fsp3) is 0.529. The lowest BCUT2D eigenvalue weighted by Gasteiger charge is -2.48. The van der Waals surface area contributed by atoms with Crippen LogP contribution >= 0.6 is 0 Å². The zero-order valence-corrected chi connectivity index (χ0v) is 12.0. The van der Waals surface area contributed by atoms with Crippen LogP contribution in [0.3, 0.4) is 0 Å². The summed E-state index contributed by atoms with van der Waals surface area (Å²) in [4.78, 5) is 6.21. The van der Waals surface area contributed by atoms with Crippen LogP contribution in [-0.4, -0.2) is 33.7 Å². The highest BCUT2D eigenvalue weighted by Crippen LogP contribution is 2.43. The number of aliphatic hydroxyl groups excluding tert-OH is 1. The predicted octanol–water partition coefficient (Wildman–Crippen LogP) is 3.00. The summed E-state index contributed by atoms with van der Waals surface area (Å²) >= 11 is 0. The maximum absolute atomic E-state index is 9.83. The third-order valence-corrected chi connectivity index (χ3v) is 5.22. The summed E-state index contributed by atoms with van der Waals surface area (Å²) in [6, 6.07) is 9.90. The molecule has 0 radical (unpaired) electrons. The lowest BCUT2D eigenvalue weighted by Crippen LogP contribution is -2.52. The van der Waals surface area contributed by atoms with Gasteiger partial charge in [-0.05, 0) is 44.2 Å². The maximum atomic E-state index is 9.83. The Morgan fingerprint density at radius 3 is 3.00 bits per heavy atom. The van der Waals surface area contributed by atoms with Gasteiger partial charge in [0.25, 0.3) is 0 Å². The van der Waals surface area contributed by atoms with Gasteiger partial charge < -0.3 is 10.1 Å². The van der Waals surface area contributed by atoms with E-state index in [1.807, 2.05) is 0 Å². The zero-order chi connectivity index (χ0) is 13.7. The number of fused-ring (bicyclic) bond motifs is 5. The number of piperidine rings is 1. The SMILES string of the molecule is C[C@H]1CCC[C@H]2c3[nH]c4ccccc4c3C[C@@H](CO)N12. The number of H-pyrrole nitrogens is 1. The Kier molecular flexibility index (Phi) is 2.86. The Hall–Kier alpha value is -1.32. The first-order chi connectivity index (χ1) is 9.79. The van der Waals surface area contributed by atoms with E-state index in [0.717, 1.165) is 6.42 Å². The maximum Gasteiger partial charge on any atom is 0.0590 e. The van der Waals surface area contributed by atoms with E-state index in [9.17, 15) is 5.11 Å². The van der Waals surface area contributed by atoms with E-state index in [0.29, 0.717) is 12.1 Å². The van der Waals surface area contributed by atoms with Gasteiger partial charge in [0.2, 0.25) is 0 Å². The molecule has 0 aliphatic carbocycles. The first kappa shape index (κ1) is 12.4. The average Bonchev–Trinajstić information content (AvgIpc) is 2.85. The molecule has 2 aromatic rings. The second-order valence-corrected chi connectivity index (χ2v) is 6.35. The number of hydrogen-bond donors (Lipinski definition) is 2. The normalized spacial score (nSPS) is 30.2. The largest absolute Gasteiger partial charge is 0.395 e. The smallest absolute Gasteiger partial charge is 0.0590 e. The van der Waals surface area contributed by atoms with Gasteiger partial charge in [-0.15, -0.1) is 0 Å². The summed E-state index contributed by atoms with van der Waals surface area (Å²) in [6.45, 7) is 2.57. The van der Waals surface area contributed by atoms with Crippen LogP contribution in [0.5, 0.6) is 0 Å². The van der Waals surface area contributed by atoms with Crippen molar-refractivity contribution in [2.75, 3.05) is 6.61 Å². The molecule has 0 saturated carbocycles. The Morgan fingerprint density at radius 1 is 1.30 bits per heavy atom. The number of aliphatic hydroxyl groups is 1. The van der Waals surface area contributed by atoms with E-state index < -0.39 is 0 Å². The van der Waals surface area contributed by atoms with Crippen LogP contribution < -0.4 is 0 Å². The number of hydrogen-bond acceptors (Lipinski definition) is 2. The van der Waals surface area contributed by atoms with E-state index in [-0.39, 0.29) is 12.6 Å². The molecular formula is C17H22N2O. The van der Waals surface area contributed by atoms with E-state index in [4.69, 9.17) is 0 Å². The number of benzene rings is 1. The molecule has 3 heteroatoms. The van der Waals surface area contributed by atoms with Gasteiger partial charge in [0, 0.05) is 28.7 Å². The van der Waals surface area contributed by atoms with Crippen molar-refractivity contribution in [2.24, 2.45) is 0 Å². The molecular weight excluding hydrogens is 248 g/mol. The van der Waals surface area contributed by atoms with E-state index in [2.05, 4.69) is 41.1 Å². The van der Waals surface area contributed by atoms with Crippen molar-refractivity contribution in [2.45, 2.75) is 50.7 Å². The molecule has 0 bridgehead atoms. The Morgan fingerprint density at radius 2 is 2.15 bits per heavy atom. The highest BCUT2D eigenvalue weighted by atomic mass is 16.3. The third-order valence-electron chi connectivity index (χ3n) is 5.22. The van der Waals surface area contributed by atoms with Crippen molar-refractivity contribution < 1.29 is 5.11 Å². The number of para-hydroxylation sites is 1. The fourth-order valence-corrected chi connectivity index (χ4v) is 4.34. The van der Waals surface area contributed by atoms with Crippen LogP contribution in [0.4, 0.5) is 0 Å². The van der Waals surface area contributed by atoms with Gasteiger partial charge in [-0.1, -0.05) is 18.2 Å². The molecule has 0 unspecified atom stereocenters. The lowest BCUT2D eigenvalue weighted by molar-refractivity contribution is 0.00680. The number of nitrogens with one attached hydrogen (secondary N) is 1. The van der Waals surface area contributed by atoms with Crippen LogP contribution in [0.1, 0.15) is 43.5 Å². The standard InChI is InChI=1S/C17H22N2O/c1-11-5-4-8-16-17-14(9-12(10-20)19(11)16)13-6-2-3-7-15(13)18-17/h2-3,6-7,11-12,16,18,20H,4-5,8-10H2,1H3/t11-,12-,16-/m0/s1. The van der Waals surface area contributed by atoms with Crippen molar-refractivity contribution in [3.05, 3.63) is 35.5 Å². The van der Waals surface area contributed by atoms with Crippen molar-refractivity contribution in [1.82, 2.24) is 9.88 Å².